The lowest BCUT2D eigenvalue weighted by molar-refractivity contribution is 0.0695. The summed E-state index contributed by atoms with van der Waals surface area (Å²) >= 11 is 0. The van der Waals surface area contributed by atoms with Crippen molar-refractivity contribution in [2.45, 2.75) is 38.0 Å². The van der Waals surface area contributed by atoms with Crippen LogP contribution in [0.4, 0.5) is 4.39 Å². The monoisotopic (exact) mass is 329 g/mol. The van der Waals surface area contributed by atoms with Gasteiger partial charge in [-0.2, -0.15) is 0 Å². The largest absolute Gasteiger partial charge is 0.494 e. The number of benzene rings is 1. The highest BCUT2D eigenvalue weighted by atomic mass is 19.1. The van der Waals surface area contributed by atoms with Crippen molar-refractivity contribution in [1.29, 1.82) is 0 Å². The number of hydrogen-bond acceptors (Lipinski definition) is 3. The molecule has 0 saturated carbocycles. The average molecular weight is 329 g/mol. The normalized spacial score (nSPS) is 16.5. The number of aryl methyl sites for hydroxylation is 2. The van der Waals surface area contributed by atoms with Crippen LogP contribution in [0.15, 0.2) is 30.6 Å². The molecule has 0 amide bonds. The molecule has 1 heterocycles. The smallest absolute Gasteiger partial charge is 0.336 e. The molecule has 1 unspecified atom stereocenters. The van der Waals surface area contributed by atoms with Gasteiger partial charge < -0.3 is 9.84 Å². The Balaban J connectivity index is 1.81. The van der Waals surface area contributed by atoms with Gasteiger partial charge in [-0.15, -0.1) is 0 Å². The minimum absolute atomic E-state index is 0.232. The third-order valence-corrected chi connectivity index (χ3v) is 4.75. The molecule has 1 aliphatic rings. The van der Waals surface area contributed by atoms with Crippen LogP contribution in [-0.2, 0) is 12.8 Å². The molecule has 24 heavy (non-hydrogen) atoms. The number of aromatic carboxylic acids is 1. The van der Waals surface area contributed by atoms with Gasteiger partial charge in [-0.25, -0.2) is 9.18 Å². The topological polar surface area (TPSA) is 59.4 Å². The molecule has 0 spiro atoms. The fourth-order valence-electron chi connectivity index (χ4n) is 3.52. The SMILES string of the molecule is COc1cc2c(cc1F)C(CCc1cnccc1C(=O)O)CCC2. The number of carboxylic acid groups (broad SMARTS) is 1. The van der Waals surface area contributed by atoms with Crippen molar-refractivity contribution in [3.8, 4) is 5.75 Å². The molecule has 1 atom stereocenters. The first-order valence-corrected chi connectivity index (χ1v) is 8.12. The number of pyridine rings is 1. The molecule has 1 aliphatic carbocycles. The van der Waals surface area contributed by atoms with E-state index in [4.69, 9.17) is 4.74 Å². The standard InChI is InChI=1S/C19H20FNO3/c1-24-18-9-13-4-2-3-12(16(13)10-17(18)20)5-6-14-11-21-8-7-15(14)19(22)23/h7-12H,2-6H2,1H3,(H,22,23). The Kier molecular flexibility index (Phi) is 4.79. The number of carboxylic acids is 1. The number of aromatic nitrogens is 1. The molecule has 1 aromatic heterocycles. The molecular weight excluding hydrogens is 309 g/mol. The minimum Gasteiger partial charge on any atom is -0.494 e. The number of rotatable bonds is 5. The summed E-state index contributed by atoms with van der Waals surface area (Å²) in [6.07, 6.45) is 7.47. The van der Waals surface area contributed by atoms with Crippen molar-refractivity contribution in [2.24, 2.45) is 0 Å². The van der Waals surface area contributed by atoms with Gasteiger partial charge in [0.05, 0.1) is 12.7 Å². The van der Waals surface area contributed by atoms with Gasteiger partial charge in [0.2, 0.25) is 0 Å². The first-order valence-electron chi connectivity index (χ1n) is 8.12. The van der Waals surface area contributed by atoms with Gasteiger partial charge in [0.15, 0.2) is 11.6 Å². The van der Waals surface area contributed by atoms with Crippen LogP contribution in [0.5, 0.6) is 5.75 Å². The number of ether oxygens (including phenoxy) is 1. The zero-order valence-corrected chi connectivity index (χ0v) is 13.6. The first kappa shape index (κ1) is 16.4. The van der Waals surface area contributed by atoms with E-state index in [2.05, 4.69) is 4.98 Å². The highest BCUT2D eigenvalue weighted by Crippen LogP contribution is 2.37. The Labute approximate surface area is 140 Å². The van der Waals surface area contributed by atoms with E-state index in [-0.39, 0.29) is 17.5 Å². The van der Waals surface area contributed by atoms with Crippen molar-refractivity contribution in [3.63, 3.8) is 0 Å². The maximum Gasteiger partial charge on any atom is 0.336 e. The average Bonchev–Trinajstić information content (AvgIpc) is 2.59. The van der Waals surface area contributed by atoms with E-state index < -0.39 is 5.97 Å². The van der Waals surface area contributed by atoms with Crippen LogP contribution >= 0.6 is 0 Å². The molecule has 0 aliphatic heterocycles. The molecular formula is C19H20FNO3. The summed E-state index contributed by atoms with van der Waals surface area (Å²) in [5.74, 6) is -0.756. The molecule has 5 heteroatoms. The quantitative estimate of drug-likeness (QED) is 0.901. The lowest BCUT2D eigenvalue weighted by Gasteiger charge is -2.26. The Hall–Kier alpha value is -2.43. The molecule has 126 valence electrons. The van der Waals surface area contributed by atoms with Crippen LogP contribution in [0.3, 0.4) is 0 Å². The van der Waals surface area contributed by atoms with Crippen molar-refractivity contribution in [2.75, 3.05) is 7.11 Å². The predicted molar refractivity (Wildman–Crippen MR) is 88.1 cm³/mol. The zero-order valence-electron chi connectivity index (χ0n) is 13.6. The Morgan fingerprint density at radius 3 is 3.04 bits per heavy atom. The van der Waals surface area contributed by atoms with Crippen LogP contribution < -0.4 is 4.74 Å². The van der Waals surface area contributed by atoms with Crippen LogP contribution in [0.1, 0.15) is 52.2 Å². The summed E-state index contributed by atoms with van der Waals surface area (Å²) in [5.41, 5.74) is 3.18. The second-order valence-electron chi connectivity index (χ2n) is 6.15. The number of hydrogen-bond donors (Lipinski definition) is 1. The fraction of sp³-hybridized carbons (Fsp3) is 0.368. The number of carbonyl (C=O) groups is 1. The lowest BCUT2D eigenvalue weighted by atomic mass is 9.79. The summed E-state index contributed by atoms with van der Waals surface area (Å²) < 4.78 is 19.1. The summed E-state index contributed by atoms with van der Waals surface area (Å²) in [7, 11) is 1.47. The van der Waals surface area contributed by atoms with Gasteiger partial charge in [-0.05, 0) is 72.9 Å². The first-order chi connectivity index (χ1) is 11.6. The highest BCUT2D eigenvalue weighted by molar-refractivity contribution is 5.89. The predicted octanol–water partition coefficient (Wildman–Crippen LogP) is 3.98. The minimum atomic E-state index is -0.938. The van der Waals surface area contributed by atoms with Gasteiger partial charge in [0, 0.05) is 12.4 Å². The number of methoxy groups -OCH3 is 1. The van der Waals surface area contributed by atoms with E-state index in [0.717, 1.165) is 42.4 Å². The van der Waals surface area contributed by atoms with Crippen LogP contribution in [0.25, 0.3) is 0 Å². The maximum absolute atomic E-state index is 14.1. The molecule has 0 fully saturated rings. The van der Waals surface area contributed by atoms with E-state index in [1.54, 1.807) is 18.3 Å². The Morgan fingerprint density at radius 2 is 2.29 bits per heavy atom. The molecule has 4 nitrogen and oxygen atoms in total. The molecule has 3 rings (SSSR count). The van der Waals surface area contributed by atoms with Crippen molar-refractivity contribution in [1.82, 2.24) is 4.98 Å². The van der Waals surface area contributed by atoms with Gasteiger partial charge in [0.1, 0.15) is 0 Å². The van der Waals surface area contributed by atoms with Crippen molar-refractivity contribution >= 4 is 5.97 Å². The third kappa shape index (κ3) is 3.25. The fourth-order valence-corrected chi connectivity index (χ4v) is 3.52. The van der Waals surface area contributed by atoms with Gasteiger partial charge in [-0.1, -0.05) is 0 Å². The molecule has 1 N–H and O–H groups in total. The van der Waals surface area contributed by atoms with E-state index in [1.807, 2.05) is 0 Å². The second-order valence-corrected chi connectivity index (χ2v) is 6.15. The molecule has 1 aromatic carbocycles. The Morgan fingerprint density at radius 1 is 1.46 bits per heavy atom. The van der Waals surface area contributed by atoms with Gasteiger partial charge in [0.25, 0.3) is 0 Å². The summed E-state index contributed by atoms with van der Waals surface area (Å²) in [6.45, 7) is 0. The van der Waals surface area contributed by atoms with E-state index in [0.29, 0.717) is 12.0 Å². The second kappa shape index (κ2) is 6.99. The van der Waals surface area contributed by atoms with Crippen LogP contribution in [-0.4, -0.2) is 23.2 Å². The zero-order chi connectivity index (χ0) is 17.1. The van der Waals surface area contributed by atoms with E-state index in [9.17, 15) is 14.3 Å². The highest BCUT2D eigenvalue weighted by Gasteiger charge is 2.23. The van der Waals surface area contributed by atoms with Crippen LogP contribution in [0.2, 0.25) is 0 Å². The van der Waals surface area contributed by atoms with Gasteiger partial charge >= 0.3 is 5.97 Å². The van der Waals surface area contributed by atoms with E-state index in [1.165, 1.54) is 19.4 Å². The lowest BCUT2D eigenvalue weighted by Crippen LogP contribution is -2.13. The van der Waals surface area contributed by atoms with Crippen molar-refractivity contribution in [3.05, 3.63) is 58.7 Å². The number of halogens is 1. The molecule has 0 radical (unpaired) electrons. The Bertz CT molecular complexity index is 760. The molecule has 2 aromatic rings. The third-order valence-electron chi connectivity index (χ3n) is 4.75. The summed E-state index contributed by atoms with van der Waals surface area (Å²) in [6, 6.07) is 4.90. The number of fused-ring (bicyclic) bond motifs is 1. The summed E-state index contributed by atoms with van der Waals surface area (Å²) in [4.78, 5) is 15.3. The summed E-state index contributed by atoms with van der Waals surface area (Å²) in [5, 5.41) is 9.26. The van der Waals surface area contributed by atoms with E-state index >= 15 is 0 Å². The van der Waals surface area contributed by atoms with Crippen LogP contribution in [0, 0.1) is 5.82 Å². The number of nitrogens with zero attached hydrogens (tertiary/aromatic N) is 1. The maximum atomic E-state index is 14.1. The van der Waals surface area contributed by atoms with Gasteiger partial charge in [-0.3, -0.25) is 4.98 Å². The molecule has 0 saturated heterocycles. The molecule has 0 bridgehead atoms. The van der Waals surface area contributed by atoms with Crippen molar-refractivity contribution < 1.29 is 19.0 Å².